The lowest BCUT2D eigenvalue weighted by molar-refractivity contribution is -0.138. The Hall–Kier alpha value is -1.30. The zero-order chi connectivity index (χ0) is 14.5. The summed E-state index contributed by atoms with van der Waals surface area (Å²) in [5, 5.41) is 11.9. The predicted molar refractivity (Wildman–Crippen MR) is 75.6 cm³/mol. The second kappa shape index (κ2) is 6.92. The van der Waals surface area contributed by atoms with Crippen molar-refractivity contribution in [1.29, 1.82) is 0 Å². The maximum Gasteiger partial charge on any atom is 0.317 e. The van der Waals surface area contributed by atoms with Gasteiger partial charge in [0.15, 0.2) is 0 Å². The number of amides is 2. The minimum absolute atomic E-state index is 0.0274. The summed E-state index contributed by atoms with van der Waals surface area (Å²) in [7, 11) is 2.07. The van der Waals surface area contributed by atoms with E-state index in [0.717, 1.165) is 45.3 Å². The van der Waals surface area contributed by atoms with Crippen molar-refractivity contribution in [3.05, 3.63) is 0 Å². The van der Waals surface area contributed by atoms with Crippen molar-refractivity contribution in [2.75, 3.05) is 33.2 Å². The Morgan fingerprint density at radius 3 is 2.65 bits per heavy atom. The van der Waals surface area contributed by atoms with Gasteiger partial charge in [0.1, 0.15) is 0 Å². The molecule has 0 aromatic carbocycles. The standard InChI is InChI=1S/C14H25N3O3/c1-16-6-3-5-12(10-16)15-14(20)17-7-2-4-11(9-17)8-13(18)19/h11-12H,2-10H2,1H3,(H,15,20)(H,18,19). The topological polar surface area (TPSA) is 72.9 Å². The van der Waals surface area contributed by atoms with Gasteiger partial charge in [-0.3, -0.25) is 4.79 Å². The molecule has 0 aromatic rings. The van der Waals surface area contributed by atoms with Gasteiger partial charge < -0.3 is 20.2 Å². The fourth-order valence-electron chi connectivity index (χ4n) is 3.21. The van der Waals surface area contributed by atoms with E-state index in [1.165, 1.54) is 0 Å². The van der Waals surface area contributed by atoms with Gasteiger partial charge in [0.05, 0.1) is 0 Å². The highest BCUT2D eigenvalue weighted by atomic mass is 16.4. The van der Waals surface area contributed by atoms with Crippen LogP contribution < -0.4 is 5.32 Å². The van der Waals surface area contributed by atoms with Gasteiger partial charge in [0, 0.05) is 32.1 Å². The monoisotopic (exact) mass is 283 g/mol. The van der Waals surface area contributed by atoms with Crippen LogP contribution in [0.3, 0.4) is 0 Å². The number of carbonyl (C=O) groups is 2. The van der Waals surface area contributed by atoms with E-state index in [0.29, 0.717) is 6.54 Å². The summed E-state index contributed by atoms with van der Waals surface area (Å²) in [6.07, 6.45) is 4.11. The minimum atomic E-state index is -0.772. The van der Waals surface area contributed by atoms with Crippen molar-refractivity contribution in [3.63, 3.8) is 0 Å². The van der Waals surface area contributed by atoms with Crippen molar-refractivity contribution in [1.82, 2.24) is 15.1 Å². The molecule has 2 amide bonds. The molecule has 2 atom stereocenters. The number of rotatable bonds is 3. The molecule has 6 nitrogen and oxygen atoms in total. The SMILES string of the molecule is CN1CCCC(NC(=O)N2CCCC(CC(=O)O)C2)C1. The number of likely N-dealkylation sites (tertiary alicyclic amines) is 2. The van der Waals surface area contributed by atoms with Crippen molar-refractivity contribution in [3.8, 4) is 0 Å². The molecule has 0 bridgehead atoms. The number of urea groups is 1. The van der Waals surface area contributed by atoms with Crippen molar-refractivity contribution in [2.24, 2.45) is 5.92 Å². The Labute approximate surface area is 120 Å². The van der Waals surface area contributed by atoms with Crippen LogP contribution in [0.1, 0.15) is 32.1 Å². The number of likely N-dealkylation sites (N-methyl/N-ethyl adjacent to an activating group) is 1. The summed E-state index contributed by atoms with van der Waals surface area (Å²) in [4.78, 5) is 27.0. The molecule has 0 radical (unpaired) electrons. The Morgan fingerprint density at radius 2 is 1.95 bits per heavy atom. The molecule has 2 N–H and O–H groups in total. The fraction of sp³-hybridized carbons (Fsp3) is 0.857. The predicted octanol–water partition coefficient (Wildman–Crippen LogP) is 0.977. The van der Waals surface area contributed by atoms with Gasteiger partial charge in [-0.1, -0.05) is 0 Å². The van der Waals surface area contributed by atoms with E-state index in [1.54, 1.807) is 4.90 Å². The Balaban J connectivity index is 1.80. The number of carboxylic acids is 1. The molecule has 2 aliphatic heterocycles. The molecule has 0 spiro atoms. The average molecular weight is 283 g/mol. The van der Waals surface area contributed by atoms with Gasteiger partial charge in [-0.15, -0.1) is 0 Å². The van der Waals surface area contributed by atoms with Crippen LogP contribution in [0.2, 0.25) is 0 Å². The molecule has 2 rings (SSSR count). The first-order chi connectivity index (χ1) is 9.54. The fourth-order valence-corrected chi connectivity index (χ4v) is 3.21. The number of piperidine rings is 2. The third kappa shape index (κ3) is 4.37. The molecule has 114 valence electrons. The van der Waals surface area contributed by atoms with Crippen LogP contribution in [0.4, 0.5) is 4.79 Å². The van der Waals surface area contributed by atoms with Crippen LogP contribution >= 0.6 is 0 Å². The van der Waals surface area contributed by atoms with Crippen LogP contribution in [0.5, 0.6) is 0 Å². The highest BCUT2D eigenvalue weighted by Crippen LogP contribution is 2.20. The summed E-state index contributed by atoms with van der Waals surface area (Å²) < 4.78 is 0. The maximum atomic E-state index is 12.3. The lowest BCUT2D eigenvalue weighted by atomic mass is 9.95. The van der Waals surface area contributed by atoms with E-state index in [-0.39, 0.29) is 24.4 Å². The van der Waals surface area contributed by atoms with E-state index in [2.05, 4.69) is 17.3 Å². The Bertz CT molecular complexity index is 362. The van der Waals surface area contributed by atoms with Crippen LogP contribution in [-0.4, -0.2) is 66.2 Å². The molecule has 2 heterocycles. The normalized spacial score (nSPS) is 28.1. The summed E-state index contributed by atoms with van der Waals surface area (Å²) in [5.41, 5.74) is 0. The Morgan fingerprint density at radius 1 is 1.20 bits per heavy atom. The number of carboxylic acid groups (broad SMARTS) is 1. The second-order valence-electron chi connectivity index (χ2n) is 6.10. The van der Waals surface area contributed by atoms with Crippen LogP contribution in [0, 0.1) is 5.92 Å². The molecule has 2 aliphatic rings. The third-order valence-electron chi connectivity index (χ3n) is 4.22. The number of carbonyl (C=O) groups excluding carboxylic acids is 1. The van der Waals surface area contributed by atoms with Gasteiger partial charge in [-0.25, -0.2) is 4.79 Å². The van der Waals surface area contributed by atoms with E-state index in [1.807, 2.05) is 0 Å². The van der Waals surface area contributed by atoms with Crippen molar-refractivity contribution >= 4 is 12.0 Å². The van der Waals surface area contributed by atoms with Gasteiger partial charge in [-0.2, -0.15) is 0 Å². The summed E-state index contributed by atoms with van der Waals surface area (Å²) in [5.74, 6) is -0.674. The molecular weight excluding hydrogens is 258 g/mol. The zero-order valence-corrected chi connectivity index (χ0v) is 12.2. The number of hydrogen-bond donors (Lipinski definition) is 2. The first-order valence-electron chi connectivity index (χ1n) is 7.50. The van der Waals surface area contributed by atoms with Crippen LogP contribution in [0.25, 0.3) is 0 Å². The largest absolute Gasteiger partial charge is 0.481 e. The molecule has 0 aliphatic carbocycles. The molecule has 2 fully saturated rings. The lowest BCUT2D eigenvalue weighted by Gasteiger charge is -2.35. The van der Waals surface area contributed by atoms with Gasteiger partial charge >= 0.3 is 12.0 Å². The number of nitrogens with zero attached hydrogens (tertiary/aromatic N) is 2. The number of aliphatic carboxylic acids is 1. The summed E-state index contributed by atoms with van der Waals surface area (Å²) in [6, 6.07) is 0.196. The molecule has 0 saturated carbocycles. The summed E-state index contributed by atoms with van der Waals surface area (Å²) >= 11 is 0. The minimum Gasteiger partial charge on any atom is -0.481 e. The smallest absolute Gasteiger partial charge is 0.317 e. The van der Waals surface area contributed by atoms with E-state index >= 15 is 0 Å². The first kappa shape index (κ1) is 15.1. The van der Waals surface area contributed by atoms with Crippen molar-refractivity contribution < 1.29 is 14.7 Å². The van der Waals surface area contributed by atoms with Crippen LogP contribution in [-0.2, 0) is 4.79 Å². The highest BCUT2D eigenvalue weighted by molar-refractivity contribution is 5.75. The van der Waals surface area contributed by atoms with Gasteiger partial charge in [0.2, 0.25) is 0 Å². The second-order valence-corrected chi connectivity index (χ2v) is 6.10. The zero-order valence-electron chi connectivity index (χ0n) is 12.2. The molecule has 6 heteroatoms. The summed E-state index contributed by atoms with van der Waals surface area (Å²) in [6.45, 7) is 3.31. The van der Waals surface area contributed by atoms with E-state index in [4.69, 9.17) is 5.11 Å². The molecule has 20 heavy (non-hydrogen) atoms. The lowest BCUT2D eigenvalue weighted by Crippen LogP contribution is -2.52. The van der Waals surface area contributed by atoms with Crippen molar-refractivity contribution in [2.45, 2.75) is 38.1 Å². The van der Waals surface area contributed by atoms with Crippen LogP contribution in [0.15, 0.2) is 0 Å². The quantitative estimate of drug-likeness (QED) is 0.810. The Kier molecular flexibility index (Phi) is 5.23. The van der Waals surface area contributed by atoms with E-state index < -0.39 is 5.97 Å². The molecular formula is C14H25N3O3. The van der Waals surface area contributed by atoms with Gasteiger partial charge in [0.25, 0.3) is 0 Å². The molecule has 2 unspecified atom stereocenters. The van der Waals surface area contributed by atoms with E-state index in [9.17, 15) is 9.59 Å². The third-order valence-corrected chi connectivity index (χ3v) is 4.22. The highest BCUT2D eigenvalue weighted by Gasteiger charge is 2.27. The molecule has 0 aromatic heterocycles. The maximum absolute atomic E-state index is 12.3. The average Bonchev–Trinajstić information content (AvgIpc) is 2.38. The molecule has 2 saturated heterocycles. The van der Waals surface area contributed by atoms with Gasteiger partial charge in [-0.05, 0) is 45.2 Å². The number of nitrogens with one attached hydrogen (secondary N) is 1. The number of hydrogen-bond acceptors (Lipinski definition) is 3. The first-order valence-corrected chi connectivity index (χ1v) is 7.50.